The van der Waals surface area contributed by atoms with Crippen molar-refractivity contribution in [1.82, 2.24) is 14.5 Å². The Bertz CT molecular complexity index is 1130. The topological polar surface area (TPSA) is 102 Å². The summed E-state index contributed by atoms with van der Waals surface area (Å²) < 4.78 is 7.44. The van der Waals surface area contributed by atoms with Crippen molar-refractivity contribution < 1.29 is 9.21 Å². The first-order valence-corrected chi connectivity index (χ1v) is 9.19. The van der Waals surface area contributed by atoms with E-state index in [4.69, 9.17) is 9.68 Å². The summed E-state index contributed by atoms with van der Waals surface area (Å²) in [5, 5.41) is 18.7. The molecule has 1 aliphatic heterocycles. The number of pyridine rings is 1. The number of carbonyl (C=O) groups is 1. The molecule has 0 radical (unpaired) electrons. The minimum Gasteiger partial charge on any atom is -0.443 e. The zero-order valence-electron chi connectivity index (χ0n) is 15.9. The third-order valence-corrected chi connectivity index (χ3v) is 5.00. The Labute approximate surface area is 167 Å². The molecular weight excluding hydrogens is 368 g/mol. The third-order valence-electron chi connectivity index (χ3n) is 5.00. The van der Waals surface area contributed by atoms with E-state index in [1.165, 1.54) is 0 Å². The fourth-order valence-corrected chi connectivity index (χ4v) is 3.50. The molecule has 0 N–H and O–H groups in total. The molecule has 144 valence electrons. The average Bonchev–Trinajstić information content (AvgIpc) is 3.41. The maximum absolute atomic E-state index is 13.2. The van der Waals surface area contributed by atoms with Gasteiger partial charge in [-0.1, -0.05) is 0 Å². The smallest absolute Gasteiger partial charge is 0.258 e. The molecule has 4 rings (SSSR count). The number of hydrogen-bond donors (Lipinski definition) is 0. The summed E-state index contributed by atoms with van der Waals surface area (Å²) in [7, 11) is 0. The second-order valence-corrected chi connectivity index (χ2v) is 6.71. The molecule has 1 fully saturated rings. The van der Waals surface area contributed by atoms with Gasteiger partial charge < -0.3 is 14.2 Å². The van der Waals surface area contributed by atoms with Gasteiger partial charge in [-0.15, -0.1) is 0 Å². The Morgan fingerprint density at radius 3 is 2.52 bits per heavy atom. The second-order valence-electron chi connectivity index (χ2n) is 6.71. The first kappa shape index (κ1) is 18.3. The van der Waals surface area contributed by atoms with Gasteiger partial charge in [-0.2, -0.15) is 10.5 Å². The van der Waals surface area contributed by atoms with Crippen LogP contribution in [0.25, 0.3) is 5.88 Å². The van der Waals surface area contributed by atoms with Crippen LogP contribution in [0.3, 0.4) is 0 Å². The zero-order chi connectivity index (χ0) is 20.4. The highest BCUT2D eigenvalue weighted by Gasteiger charge is 2.30. The minimum absolute atomic E-state index is 0.209. The number of rotatable bonds is 3. The van der Waals surface area contributed by atoms with Crippen molar-refractivity contribution in [2.75, 3.05) is 31.1 Å². The normalized spacial score (nSPS) is 13.8. The zero-order valence-corrected chi connectivity index (χ0v) is 15.9. The van der Waals surface area contributed by atoms with Crippen molar-refractivity contribution in [3.63, 3.8) is 0 Å². The number of nitrogens with zero attached hydrogens (tertiary/aromatic N) is 6. The fourth-order valence-electron chi connectivity index (χ4n) is 3.50. The first-order valence-electron chi connectivity index (χ1n) is 9.19. The number of anilines is 1. The Hall–Kier alpha value is -4.04. The molecule has 8 heteroatoms. The van der Waals surface area contributed by atoms with Gasteiger partial charge in [-0.25, -0.2) is 4.98 Å². The molecule has 8 nitrogen and oxygen atoms in total. The van der Waals surface area contributed by atoms with Crippen LogP contribution in [0.1, 0.15) is 27.2 Å². The molecule has 3 aromatic heterocycles. The number of aryl methyl sites for hydroxylation is 1. The van der Waals surface area contributed by atoms with E-state index in [0.29, 0.717) is 49.0 Å². The molecule has 1 saturated heterocycles. The summed E-state index contributed by atoms with van der Waals surface area (Å²) in [5.74, 6) is 1.30. The highest BCUT2D eigenvalue weighted by molar-refractivity contribution is 5.98. The molecule has 0 atom stereocenters. The fraction of sp³-hybridized carbons (Fsp3) is 0.238. The Morgan fingerprint density at radius 2 is 1.86 bits per heavy atom. The summed E-state index contributed by atoms with van der Waals surface area (Å²) in [6.45, 7) is 3.87. The van der Waals surface area contributed by atoms with Gasteiger partial charge in [0.2, 0.25) is 5.88 Å². The van der Waals surface area contributed by atoms with Crippen molar-refractivity contribution in [3.05, 3.63) is 65.3 Å². The van der Waals surface area contributed by atoms with Crippen LogP contribution >= 0.6 is 0 Å². The van der Waals surface area contributed by atoms with Gasteiger partial charge in [-0.05, 0) is 31.2 Å². The SMILES string of the molecule is Cc1oc(-n2cccc2)c(C#N)c1C(=O)N1CCN(c2cc(C#N)ccn2)CC1. The number of nitriles is 2. The van der Waals surface area contributed by atoms with Gasteiger partial charge in [0.15, 0.2) is 0 Å². The number of amides is 1. The Balaban J connectivity index is 1.53. The number of aromatic nitrogens is 2. The molecule has 29 heavy (non-hydrogen) atoms. The minimum atomic E-state index is -0.209. The average molecular weight is 386 g/mol. The maximum Gasteiger partial charge on any atom is 0.258 e. The molecule has 0 spiro atoms. The summed E-state index contributed by atoms with van der Waals surface area (Å²) in [6, 6.07) is 11.3. The van der Waals surface area contributed by atoms with Gasteiger partial charge in [0.25, 0.3) is 5.91 Å². The molecule has 0 bridgehead atoms. The van der Waals surface area contributed by atoms with E-state index in [9.17, 15) is 10.1 Å². The predicted octanol–water partition coefficient (Wildman–Crippen LogP) is 2.48. The lowest BCUT2D eigenvalue weighted by Gasteiger charge is -2.35. The summed E-state index contributed by atoms with van der Waals surface area (Å²) in [4.78, 5) is 21.2. The van der Waals surface area contributed by atoms with E-state index < -0.39 is 0 Å². The largest absolute Gasteiger partial charge is 0.443 e. The monoisotopic (exact) mass is 386 g/mol. The lowest BCUT2D eigenvalue weighted by atomic mass is 10.1. The number of hydrogen-bond acceptors (Lipinski definition) is 6. The molecule has 4 heterocycles. The van der Waals surface area contributed by atoms with Crippen LogP contribution in [0.5, 0.6) is 0 Å². The Kier molecular flexibility index (Phi) is 4.76. The van der Waals surface area contributed by atoms with Crippen LogP contribution in [-0.2, 0) is 0 Å². The van der Waals surface area contributed by atoms with Crippen LogP contribution in [0, 0.1) is 29.6 Å². The molecule has 3 aromatic rings. The van der Waals surface area contributed by atoms with Crippen LogP contribution in [0.2, 0.25) is 0 Å². The highest BCUT2D eigenvalue weighted by atomic mass is 16.4. The standard InChI is InChI=1S/C21H18N6O2/c1-15-19(17(14-23)21(29-15)27-6-2-3-7-27)20(28)26-10-8-25(9-11-26)18-12-16(13-22)4-5-24-18/h2-7,12H,8-11H2,1H3. The van der Waals surface area contributed by atoms with Gasteiger partial charge >= 0.3 is 0 Å². The maximum atomic E-state index is 13.2. The van der Waals surface area contributed by atoms with Crippen LogP contribution in [0.4, 0.5) is 5.82 Å². The van der Waals surface area contributed by atoms with Gasteiger partial charge in [0, 0.05) is 44.8 Å². The van der Waals surface area contributed by atoms with Crippen molar-refractivity contribution >= 4 is 11.7 Å². The van der Waals surface area contributed by atoms with Crippen molar-refractivity contribution in [3.8, 4) is 18.0 Å². The van der Waals surface area contributed by atoms with E-state index in [0.717, 1.165) is 5.82 Å². The van der Waals surface area contributed by atoms with Crippen LogP contribution in [-0.4, -0.2) is 46.5 Å². The highest BCUT2D eigenvalue weighted by Crippen LogP contribution is 2.27. The lowest BCUT2D eigenvalue weighted by molar-refractivity contribution is 0.0744. The molecule has 1 amide bonds. The molecular formula is C21H18N6O2. The summed E-state index contributed by atoms with van der Waals surface area (Å²) in [6.07, 6.45) is 5.16. The molecule has 0 aliphatic carbocycles. The van der Waals surface area contributed by atoms with Gasteiger partial charge in [0.05, 0.1) is 11.6 Å². The van der Waals surface area contributed by atoms with Crippen LogP contribution < -0.4 is 4.90 Å². The molecule has 0 unspecified atom stereocenters. The van der Waals surface area contributed by atoms with Crippen molar-refractivity contribution in [2.45, 2.75) is 6.92 Å². The van der Waals surface area contributed by atoms with Gasteiger partial charge in [0.1, 0.15) is 28.8 Å². The van der Waals surface area contributed by atoms with Crippen molar-refractivity contribution in [1.29, 1.82) is 10.5 Å². The molecule has 0 aromatic carbocycles. The third kappa shape index (κ3) is 3.32. The quantitative estimate of drug-likeness (QED) is 0.685. The van der Waals surface area contributed by atoms with E-state index in [1.807, 2.05) is 17.0 Å². The number of furan rings is 1. The summed E-state index contributed by atoms with van der Waals surface area (Å²) >= 11 is 0. The van der Waals surface area contributed by atoms with E-state index in [-0.39, 0.29) is 11.5 Å². The first-order chi connectivity index (χ1) is 14.1. The van der Waals surface area contributed by atoms with Gasteiger partial charge in [-0.3, -0.25) is 9.36 Å². The van der Waals surface area contributed by atoms with E-state index in [2.05, 4.69) is 17.1 Å². The number of carbonyl (C=O) groups excluding carboxylic acids is 1. The second kappa shape index (κ2) is 7.53. The van der Waals surface area contributed by atoms with E-state index in [1.54, 1.807) is 47.1 Å². The Morgan fingerprint density at radius 1 is 1.14 bits per heavy atom. The van der Waals surface area contributed by atoms with Crippen LogP contribution in [0.15, 0.2) is 47.3 Å². The molecule has 0 saturated carbocycles. The lowest BCUT2D eigenvalue weighted by Crippen LogP contribution is -2.49. The number of piperazine rings is 1. The summed E-state index contributed by atoms with van der Waals surface area (Å²) in [5.41, 5.74) is 1.11. The molecule has 1 aliphatic rings. The predicted molar refractivity (Wildman–Crippen MR) is 105 cm³/mol. The van der Waals surface area contributed by atoms with E-state index >= 15 is 0 Å². The van der Waals surface area contributed by atoms with Crippen molar-refractivity contribution in [2.24, 2.45) is 0 Å².